The first-order chi connectivity index (χ1) is 9.27. The van der Waals surface area contributed by atoms with E-state index in [0.717, 1.165) is 16.8 Å². The van der Waals surface area contributed by atoms with E-state index in [0.29, 0.717) is 5.92 Å². The molecule has 1 N–H and O–H groups in total. The standard InChI is InChI=1S/C15H24BrNO2/c1-3-17-13(15-12(16)9-10-19-15)14(18-2)11-7-5-4-6-8-11/h9-11,13-14,17H,3-8H2,1-2H3. The fourth-order valence-electron chi connectivity index (χ4n) is 3.17. The Bertz CT molecular complexity index is 374. The number of likely N-dealkylation sites (N-methyl/N-ethyl adjacent to an activating group) is 1. The van der Waals surface area contributed by atoms with Gasteiger partial charge in [0.2, 0.25) is 0 Å². The van der Waals surface area contributed by atoms with Crippen LogP contribution in [0.25, 0.3) is 0 Å². The molecule has 0 amide bonds. The highest BCUT2D eigenvalue weighted by Crippen LogP contribution is 2.36. The van der Waals surface area contributed by atoms with Crippen LogP contribution in [0, 0.1) is 5.92 Å². The van der Waals surface area contributed by atoms with Crippen LogP contribution in [0.2, 0.25) is 0 Å². The topological polar surface area (TPSA) is 34.4 Å². The Balaban J connectivity index is 2.17. The van der Waals surface area contributed by atoms with Gasteiger partial charge in [-0.25, -0.2) is 0 Å². The molecule has 1 saturated carbocycles. The average molecular weight is 330 g/mol. The molecule has 4 heteroatoms. The first kappa shape index (κ1) is 15.1. The van der Waals surface area contributed by atoms with Gasteiger partial charge in [0.1, 0.15) is 5.76 Å². The summed E-state index contributed by atoms with van der Waals surface area (Å²) in [5.74, 6) is 1.58. The first-order valence-electron chi connectivity index (χ1n) is 7.27. The Hall–Kier alpha value is -0.320. The monoisotopic (exact) mass is 329 g/mol. The quantitative estimate of drug-likeness (QED) is 0.845. The SMILES string of the molecule is CCNC(c1occc1Br)C(OC)C1CCCCC1. The molecular weight excluding hydrogens is 306 g/mol. The third kappa shape index (κ3) is 3.61. The van der Waals surface area contributed by atoms with Crippen LogP contribution in [0.1, 0.15) is 50.8 Å². The molecule has 108 valence electrons. The van der Waals surface area contributed by atoms with E-state index in [-0.39, 0.29) is 12.1 Å². The highest BCUT2D eigenvalue weighted by molar-refractivity contribution is 9.10. The molecule has 1 aliphatic rings. The van der Waals surface area contributed by atoms with Crippen LogP contribution in [-0.4, -0.2) is 19.8 Å². The molecule has 1 heterocycles. The van der Waals surface area contributed by atoms with E-state index in [9.17, 15) is 0 Å². The summed E-state index contributed by atoms with van der Waals surface area (Å²) >= 11 is 3.57. The normalized spacial score (nSPS) is 20.4. The van der Waals surface area contributed by atoms with E-state index < -0.39 is 0 Å². The number of hydrogen-bond acceptors (Lipinski definition) is 3. The van der Waals surface area contributed by atoms with E-state index >= 15 is 0 Å². The second-order valence-corrected chi connectivity index (χ2v) is 6.12. The summed E-state index contributed by atoms with van der Waals surface area (Å²) in [7, 11) is 1.82. The van der Waals surface area contributed by atoms with Crippen molar-refractivity contribution in [3.63, 3.8) is 0 Å². The van der Waals surface area contributed by atoms with Gasteiger partial charge in [0.05, 0.1) is 22.9 Å². The average Bonchev–Trinajstić information content (AvgIpc) is 2.86. The summed E-state index contributed by atoms with van der Waals surface area (Å²) in [6.45, 7) is 3.03. The molecule has 0 aromatic carbocycles. The Morgan fingerprint density at radius 2 is 2.16 bits per heavy atom. The lowest BCUT2D eigenvalue weighted by atomic mass is 9.82. The number of halogens is 1. The van der Waals surface area contributed by atoms with Crippen molar-refractivity contribution in [2.24, 2.45) is 5.92 Å². The van der Waals surface area contributed by atoms with Gasteiger partial charge in [-0.05, 0) is 47.3 Å². The van der Waals surface area contributed by atoms with E-state index in [1.54, 1.807) is 6.26 Å². The van der Waals surface area contributed by atoms with Crippen LogP contribution < -0.4 is 5.32 Å². The highest BCUT2D eigenvalue weighted by atomic mass is 79.9. The van der Waals surface area contributed by atoms with E-state index in [1.165, 1.54) is 32.1 Å². The molecule has 0 spiro atoms. The summed E-state index contributed by atoms with van der Waals surface area (Å²) in [5, 5.41) is 3.53. The van der Waals surface area contributed by atoms with Crippen LogP contribution in [-0.2, 0) is 4.74 Å². The predicted octanol–water partition coefficient (Wildman–Crippen LogP) is 4.29. The van der Waals surface area contributed by atoms with Crippen molar-refractivity contribution < 1.29 is 9.15 Å². The smallest absolute Gasteiger partial charge is 0.137 e. The largest absolute Gasteiger partial charge is 0.466 e. The molecule has 0 radical (unpaired) electrons. The lowest BCUT2D eigenvalue weighted by Crippen LogP contribution is -2.39. The predicted molar refractivity (Wildman–Crippen MR) is 80.2 cm³/mol. The van der Waals surface area contributed by atoms with Gasteiger partial charge in [0, 0.05) is 7.11 Å². The van der Waals surface area contributed by atoms with Gasteiger partial charge in [-0.2, -0.15) is 0 Å². The van der Waals surface area contributed by atoms with Gasteiger partial charge in [0.15, 0.2) is 0 Å². The zero-order chi connectivity index (χ0) is 13.7. The number of ether oxygens (including phenoxy) is 1. The summed E-state index contributed by atoms with van der Waals surface area (Å²) in [5.41, 5.74) is 0. The van der Waals surface area contributed by atoms with E-state index in [4.69, 9.17) is 9.15 Å². The van der Waals surface area contributed by atoms with E-state index in [1.807, 2.05) is 13.2 Å². The molecule has 0 bridgehead atoms. The maximum atomic E-state index is 5.84. The minimum absolute atomic E-state index is 0.127. The molecule has 1 fully saturated rings. The molecule has 19 heavy (non-hydrogen) atoms. The maximum absolute atomic E-state index is 5.84. The number of furan rings is 1. The Morgan fingerprint density at radius 1 is 1.42 bits per heavy atom. The van der Waals surface area contributed by atoms with Gasteiger partial charge >= 0.3 is 0 Å². The number of methoxy groups -OCH3 is 1. The molecule has 0 saturated heterocycles. The molecule has 2 atom stereocenters. The molecule has 2 rings (SSSR count). The summed E-state index contributed by atoms with van der Waals surface area (Å²) in [4.78, 5) is 0. The van der Waals surface area contributed by atoms with Gasteiger partial charge in [-0.15, -0.1) is 0 Å². The third-order valence-corrected chi connectivity index (χ3v) is 4.72. The fraction of sp³-hybridized carbons (Fsp3) is 0.733. The van der Waals surface area contributed by atoms with Crippen LogP contribution in [0.3, 0.4) is 0 Å². The minimum Gasteiger partial charge on any atom is -0.466 e. The van der Waals surface area contributed by atoms with Gasteiger partial charge in [0.25, 0.3) is 0 Å². The lowest BCUT2D eigenvalue weighted by Gasteiger charge is -2.34. The van der Waals surface area contributed by atoms with Gasteiger partial charge in [-0.1, -0.05) is 26.2 Å². The molecular formula is C15H24BrNO2. The maximum Gasteiger partial charge on any atom is 0.137 e. The van der Waals surface area contributed by atoms with E-state index in [2.05, 4.69) is 28.2 Å². The molecule has 3 nitrogen and oxygen atoms in total. The Morgan fingerprint density at radius 3 is 2.68 bits per heavy atom. The van der Waals surface area contributed by atoms with Crippen molar-refractivity contribution in [1.82, 2.24) is 5.32 Å². The summed E-state index contributed by atoms with van der Waals surface area (Å²) < 4.78 is 12.5. The van der Waals surface area contributed by atoms with Crippen molar-refractivity contribution in [1.29, 1.82) is 0 Å². The number of nitrogens with one attached hydrogen (secondary N) is 1. The van der Waals surface area contributed by atoms with Crippen molar-refractivity contribution in [2.45, 2.75) is 51.2 Å². The van der Waals surface area contributed by atoms with Crippen LogP contribution >= 0.6 is 15.9 Å². The fourth-order valence-corrected chi connectivity index (χ4v) is 3.62. The molecule has 1 aromatic heterocycles. The Kier molecular flexibility index (Phi) is 5.92. The molecule has 0 aliphatic heterocycles. The highest BCUT2D eigenvalue weighted by Gasteiger charge is 2.33. The molecule has 1 aromatic rings. The minimum atomic E-state index is 0.127. The third-order valence-electron chi connectivity index (χ3n) is 4.07. The van der Waals surface area contributed by atoms with Crippen molar-refractivity contribution in [2.75, 3.05) is 13.7 Å². The van der Waals surface area contributed by atoms with Crippen LogP contribution in [0.15, 0.2) is 21.2 Å². The van der Waals surface area contributed by atoms with Crippen LogP contribution in [0.5, 0.6) is 0 Å². The lowest BCUT2D eigenvalue weighted by molar-refractivity contribution is 0.00242. The second-order valence-electron chi connectivity index (χ2n) is 5.27. The second kappa shape index (κ2) is 7.46. The van der Waals surface area contributed by atoms with Gasteiger partial charge < -0.3 is 14.5 Å². The zero-order valence-corrected chi connectivity index (χ0v) is 13.4. The number of rotatable bonds is 6. The number of hydrogen-bond donors (Lipinski definition) is 1. The molecule has 2 unspecified atom stereocenters. The first-order valence-corrected chi connectivity index (χ1v) is 8.06. The summed E-state index contributed by atoms with van der Waals surface area (Å²) in [6.07, 6.45) is 8.45. The van der Waals surface area contributed by atoms with Gasteiger partial charge in [-0.3, -0.25) is 0 Å². The van der Waals surface area contributed by atoms with Crippen LogP contribution in [0.4, 0.5) is 0 Å². The summed E-state index contributed by atoms with van der Waals surface area (Å²) in [6, 6.07) is 2.08. The van der Waals surface area contributed by atoms with Crippen molar-refractivity contribution in [3.05, 3.63) is 22.6 Å². The van der Waals surface area contributed by atoms with Crippen molar-refractivity contribution >= 4 is 15.9 Å². The molecule has 1 aliphatic carbocycles. The van der Waals surface area contributed by atoms with Crippen molar-refractivity contribution in [3.8, 4) is 0 Å². The zero-order valence-electron chi connectivity index (χ0n) is 11.8. The Labute approximate surface area is 124 Å².